The predicted octanol–water partition coefficient (Wildman–Crippen LogP) is 5.72. The van der Waals surface area contributed by atoms with E-state index in [2.05, 4.69) is 25.6 Å². The number of nitrogens with one attached hydrogen (secondary N) is 1. The zero-order chi connectivity index (χ0) is 43.8. The number of fused-ring (bicyclic) bond motifs is 1. The SMILES string of the molecule is [2H]C([2H])([2H])n1cc(-c2cc(C(F)(F)F)nn2CC(C)(C)NC(=O)[C@@H](Cc2cnn(C(F)F)c2)N2CC[C@@]3(C[C@@H]3c3ccc(-c4cnc5nn(C)cc5c4)cc3)C2=O)ccc1=O. The maximum atomic E-state index is 14.4. The minimum absolute atomic E-state index is 0.0559. The van der Waals surface area contributed by atoms with E-state index in [-0.39, 0.29) is 48.2 Å². The number of hydrogen-bond donors (Lipinski definition) is 1. The first-order chi connectivity index (χ1) is 28.6. The average molecular weight is 806 g/mol. The van der Waals surface area contributed by atoms with Crippen molar-refractivity contribution in [2.75, 3.05) is 6.54 Å². The molecule has 1 saturated carbocycles. The molecular formula is C40H39F5N10O3. The van der Waals surface area contributed by atoms with Crippen LogP contribution in [0.5, 0.6) is 0 Å². The van der Waals surface area contributed by atoms with Crippen LogP contribution in [-0.4, -0.2) is 73.7 Å². The molecule has 1 N–H and O–H groups in total. The highest BCUT2D eigenvalue weighted by atomic mass is 19.4. The molecule has 302 valence electrons. The van der Waals surface area contributed by atoms with E-state index in [0.717, 1.165) is 45.2 Å². The summed E-state index contributed by atoms with van der Waals surface area (Å²) in [5.41, 5.74) is -0.937. The molecule has 0 bridgehead atoms. The smallest absolute Gasteiger partial charge is 0.348 e. The molecule has 18 heteroatoms. The number of aromatic nitrogens is 8. The van der Waals surface area contributed by atoms with Gasteiger partial charge >= 0.3 is 12.7 Å². The number of carbonyl (C=O) groups excluding carboxylic acids is 2. The van der Waals surface area contributed by atoms with Gasteiger partial charge in [-0.2, -0.15) is 37.2 Å². The van der Waals surface area contributed by atoms with Crippen molar-refractivity contribution < 1.29 is 35.7 Å². The Bertz CT molecular complexity index is 2720. The molecule has 3 atom stereocenters. The van der Waals surface area contributed by atoms with Crippen molar-refractivity contribution in [3.8, 4) is 22.4 Å². The van der Waals surface area contributed by atoms with Crippen molar-refractivity contribution in [3.05, 3.63) is 107 Å². The minimum Gasteiger partial charge on any atom is -0.348 e. The number of nitrogens with zero attached hydrogens (tertiary/aromatic N) is 9. The Kier molecular flexibility index (Phi) is 8.46. The second-order valence-electron chi connectivity index (χ2n) is 15.6. The highest BCUT2D eigenvalue weighted by Gasteiger charge is 2.65. The third-order valence-electron chi connectivity index (χ3n) is 10.9. The summed E-state index contributed by atoms with van der Waals surface area (Å²) < 4.78 is 95.6. The molecule has 0 unspecified atom stereocenters. The van der Waals surface area contributed by atoms with Crippen molar-refractivity contribution in [3.63, 3.8) is 0 Å². The molecule has 0 radical (unpaired) electrons. The van der Waals surface area contributed by atoms with Crippen molar-refractivity contribution in [2.24, 2.45) is 19.4 Å². The summed E-state index contributed by atoms with van der Waals surface area (Å²) in [6.07, 6.45) is 2.69. The lowest BCUT2D eigenvalue weighted by Gasteiger charge is -2.33. The molecule has 58 heavy (non-hydrogen) atoms. The Hall–Kier alpha value is -6.20. The summed E-state index contributed by atoms with van der Waals surface area (Å²) in [7, 11) is 1.82. The number of likely N-dealkylation sites (tertiary alicyclic amines) is 1. The number of alkyl halides is 5. The highest BCUT2D eigenvalue weighted by molar-refractivity contribution is 5.94. The number of benzene rings is 1. The van der Waals surface area contributed by atoms with Gasteiger partial charge in [-0.15, -0.1) is 0 Å². The van der Waals surface area contributed by atoms with Crippen LogP contribution in [0.1, 0.15) is 60.1 Å². The van der Waals surface area contributed by atoms with E-state index >= 15 is 0 Å². The van der Waals surface area contributed by atoms with Crippen LogP contribution in [0.3, 0.4) is 0 Å². The van der Waals surface area contributed by atoms with Gasteiger partial charge in [0.25, 0.3) is 0 Å². The fourth-order valence-corrected chi connectivity index (χ4v) is 8.00. The van der Waals surface area contributed by atoms with E-state index < -0.39 is 53.9 Å². The molecule has 2 aliphatic rings. The number of rotatable bonds is 11. The number of carbonyl (C=O) groups is 2. The van der Waals surface area contributed by atoms with E-state index in [9.17, 15) is 36.3 Å². The number of halogens is 5. The topological polar surface area (TPSA) is 138 Å². The van der Waals surface area contributed by atoms with Crippen LogP contribution in [0.2, 0.25) is 0 Å². The standard InChI is InChI=1S/C40H39F5N10O3/c1-38(2,22-55-30(15-32(49-55)40(43,44)45)26-9-10-33(56)51(3)20-26)48-35(57)31(13-23-17-47-54(19-23)37(41)42)53-12-11-39(36(53)58)16-29(39)25-7-5-24(6-8-25)27-14-28-21-52(4)50-34(28)46-18-27/h5-10,14-15,17-21,29,31,37H,11-13,16,22H2,1-4H3,(H,48,57)/t29-,31-,39+/m1/s1/i3D3. The zero-order valence-electron chi connectivity index (χ0n) is 34.4. The van der Waals surface area contributed by atoms with Gasteiger partial charge in [0.1, 0.15) is 6.04 Å². The van der Waals surface area contributed by atoms with Gasteiger partial charge in [-0.3, -0.25) is 23.7 Å². The monoisotopic (exact) mass is 805 g/mol. The van der Waals surface area contributed by atoms with Gasteiger partial charge in [0.15, 0.2) is 11.3 Å². The highest BCUT2D eigenvalue weighted by Crippen LogP contribution is 2.65. The first kappa shape index (κ1) is 35.0. The molecule has 2 fully saturated rings. The van der Waals surface area contributed by atoms with Gasteiger partial charge in [0.05, 0.1) is 29.4 Å². The number of hydrogen-bond acceptors (Lipinski definition) is 7. The molecule has 1 aliphatic carbocycles. The number of amides is 2. The van der Waals surface area contributed by atoms with Crippen LogP contribution in [-0.2, 0) is 42.8 Å². The van der Waals surface area contributed by atoms with Crippen molar-refractivity contribution in [1.29, 1.82) is 0 Å². The van der Waals surface area contributed by atoms with Gasteiger partial charge in [0, 0.05) is 78.5 Å². The normalized spacial score (nSPS) is 19.8. The average Bonchev–Trinajstić information content (AvgIpc) is 3.58. The number of pyridine rings is 2. The van der Waals surface area contributed by atoms with Crippen LogP contribution < -0.4 is 10.9 Å². The summed E-state index contributed by atoms with van der Waals surface area (Å²) in [5.74, 6) is -1.11. The molecule has 6 heterocycles. The van der Waals surface area contributed by atoms with Gasteiger partial charge in [-0.05, 0) is 67.5 Å². The van der Waals surface area contributed by atoms with Crippen LogP contribution in [0, 0.1) is 5.41 Å². The Morgan fingerprint density at radius 3 is 2.47 bits per heavy atom. The minimum atomic E-state index is -4.90. The summed E-state index contributed by atoms with van der Waals surface area (Å²) in [4.78, 5) is 47.0. The van der Waals surface area contributed by atoms with E-state index in [1.807, 2.05) is 43.6 Å². The predicted molar refractivity (Wildman–Crippen MR) is 201 cm³/mol. The molecule has 13 nitrogen and oxygen atoms in total. The van der Waals surface area contributed by atoms with Gasteiger partial charge in [-0.25, -0.2) is 9.67 Å². The van der Waals surface area contributed by atoms with Crippen LogP contribution in [0.4, 0.5) is 22.0 Å². The zero-order valence-corrected chi connectivity index (χ0v) is 31.4. The Balaban J connectivity index is 1.04. The maximum Gasteiger partial charge on any atom is 0.435 e. The summed E-state index contributed by atoms with van der Waals surface area (Å²) >= 11 is 0. The van der Waals surface area contributed by atoms with Crippen LogP contribution in [0.25, 0.3) is 33.4 Å². The molecule has 1 saturated heterocycles. The third kappa shape index (κ3) is 7.26. The van der Waals surface area contributed by atoms with E-state index in [0.29, 0.717) is 33.8 Å². The summed E-state index contributed by atoms with van der Waals surface area (Å²) in [6, 6.07) is 11.4. The molecular weight excluding hydrogens is 763 g/mol. The molecule has 8 rings (SSSR count). The Morgan fingerprint density at radius 1 is 1.00 bits per heavy atom. The second-order valence-corrected chi connectivity index (χ2v) is 15.6. The van der Waals surface area contributed by atoms with Gasteiger partial charge < -0.3 is 14.8 Å². The Morgan fingerprint density at radius 2 is 1.76 bits per heavy atom. The quantitative estimate of drug-likeness (QED) is 0.166. The van der Waals surface area contributed by atoms with Crippen molar-refractivity contribution in [2.45, 2.75) is 69.9 Å². The largest absolute Gasteiger partial charge is 0.435 e. The van der Waals surface area contributed by atoms with Crippen LogP contribution >= 0.6 is 0 Å². The molecule has 2 amide bonds. The van der Waals surface area contributed by atoms with Gasteiger partial charge in [-0.1, -0.05) is 24.3 Å². The molecule has 1 aliphatic heterocycles. The molecule has 1 aromatic carbocycles. The second kappa shape index (κ2) is 14.0. The fraction of sp³-hybridized carbons (Fsp3) is 0.375. The van der Waals surface area contributed by atoms with Crippen molar-refractivity contribution in [1.82, 2.24) is 49.1 Å². The lowest BCUT2D eigenvalue weighted by molar-refractivity contribution is -0.141. The lowest BCUT2D eigenvalue weighted by Crippen LogP contribution is -2.56. The van der Waals surface area contributed by atoms with E-state index in [4.69, 9.17) is 4.11 Å². The molecule has 1 spiro atoms. The third-order valence-corrected chi connectivity index (χ3v) is 10.9. The lowest BCUT2D eigenvalue weighted by atomic mass is 9.95. The van der Waals surface area contributed by atoms with Gasteiger partial charge in [0.2, 0.25) is 17.4 Å². The first-order valence-corrected chi connectivity index (χ1v) is 18.3. The van der Waals surface area contributed by atoms with Crippen molar-refractivity contribution >= 4 is 22.8 Å². The van der Waals surface area contributed by atoms with Crippen LogP contribution in [0.15, 0.2) is 84.3 Å². The van der Waals surface area contributed by atoms with E-state index in [1.54, 1.807) is 10.9 Å². The Labute approximate surface area is 332 Å². The summed E-state index contributed by atoms with van der Waals surface area (Å²) in [6.45, 7) is -3.02. The number of aryl methyl sites for hydroxylation is 2. The van der Waals surface area contributed by atoms with E-state index in [1.165, 1.54) is 31.0 Å². The first-order valence-electron chi connectivity index (χ1n) is 19.8. The fourth-order valence-electron chi connectivity index (χ4n) is 8.00. The summed E-state index contributed by atoms with van der Waals surface area (Å²) in [5, 5.41) is 15.5. The maximum absolute atomic E-state index is 14.4. The molecule has 5 aromatic heterocycles. The molecule has 6 aromatic rings.